The van der Waals surface area contributed by atoms with Crippen molar-refractivity contribution in [3.05, 3.63) is 104 Å². The molecule has 0 saturated carbocycles. The van der Waals surface area contributed by atoms with Crippen molar-refractivity contribution < 1.29 is 4.79 Å². The average Bonchev–Trinajstić information content (AvgIpc) is 3.20. The van der Waals surface area contributed by atoms with Gasteiger partial charge in [0.2, 0.25) is 0 Å². The molecule has 5 nitrogen and oxygen atoms in total. The van der Waals surface area contributed by atoms with Crippen LogP contribution in [0.5, 0.6) is 0 Å². The van der Waals surface area contributed by atoms with Gasteiger partial charge >= 0.3 is 0 Å². The lowest BCUT2D eigenvalue weighted by Gasteiger charge is -2.13. The van der Waals surface area contributed by atoms with Gasteiger partial charge in [-0.15, -0.1) is 10.2 Å². The third-order valence-corrected chi connectivity index (χ3v) is 6.90. The molecule has 0 atom stereocenters. The van der Waals surface area contributed by atoms with Crippen molar-refractivity contribution in [3.63, 3.8) is 0 Å². The Morgan fingerprint density at radius 2 is 1.85 bits per heavy atom. The monoisotopic (exact) mass is 560 g/mol. The van der Waals surface area contributed by atoms with Gasteiger partial charge in [0, 0.05) is 20.8 Å². The molecule has 1 aromatic heterocycles. The van der Waals surface area contributed by atoms with Gasteiger partial charge in [-0.05, 0) is 55.0 Å². The maximum atomic E-state index is 12.6. The maximum Gasteiger partial charge on any atom is 0.251 e. The smallest absolute Gasteiger partial charge is 0.251 e. The quantitative estimate of drug-likeness (QED) is 0.250. The van der Waals surface area contributed by atoms with Gasteiger partial charge in [0.15, 0.2) is 11.0 Å². The summed E-state index contributed by atoms with van der Waals surface area (Å²) < 4.78 is 2.75. The van der Waals surface area contributed by atoms with E-state index >= 15 is 0 Å². The SMILES string of the molecule is Cc1cccc(CSc2nnc(CNC(=O)c3ccc(Br)cc3)n2-c2cc(Cl)ccc2Cl)c1. The normalized spacial score (nSPS) is 10.9. The van der Waals surface area contributed by atoms with Crippen molar-refractivity contribution in [2.45, 2.75) is 24.4 Å². The lowest BCUT2D eigenvalue weighted by Crippen LogP contribution is -2.24. The highest BCUT2D eigenvalue weighted by molar-refractivity contribution is 9.10. The number of halogens is 3. The first-order chi connectivity index (χ1) is 15.9. The zero-order chi connectivity index (χ0) is 23.4. The van der Waals surface area contributed by atoms with Gasteiger partial charge in [0.25, 0.3) is 5.91 Å². The summed E-state index contributed by atoms with van der Waals surface area (Å²) in [5.41, 5.74) is 3.59. The van der Waals surface area contributed by atoms with Crippen molar-refractivity contribution >= 4 is 56.8 Å². The van der Waals surface area contributed by atoms with Gasteiger partial charge < -0.3 is 5.32 Å². The first-order valence-corrected chi connectivity index (χ1v) is 12.6. The average molecular weight is 562 g/mol. The van der Waals surface area contributed by atoms with E-state index in [-0.39, 0.29) is 12.5 Å². The molecule has 1 heterocycles. The van der Waals surface area contributed by atoms with Crippen LogP contribution in [-0.4, -0.2) is 20.7 Å². The van der Waals surface area contributed by atoms with Crippen molar-refractivity contribution in [3.8, 4) is 5.69 Å². The molecule has 3 aromatic carbocycles. The molecule has 9 heteroatoms. The van der Waals surface area contributed by atoms with Crippen molar-refractivity contribution in [2.24, 2.45) is 0 Å². The molecule has 0 spiro atoms. The molecule has 0 bridgehead atoms. The summed E-state index contributed by atoms with van der Waals surface area (Å²) in [5, 5.41) is 13.3. The summed E-state index contributed by atoms with van der Waals surface area (Å²) in [5.74, 6) is 1.06. The van der Waals surface area contributed by atoms with Crippen LogP contribution in [0.25, 0.3) is 5.69 Å². The fourth-order valence-corrected chi connectivity index (χ4v) is 4.76. The van der Waals surface area contributed by atoms with E-state index in [0.717, 1.165) is 4.47 Å². The fraction of sp³-hybridized carbons (Fsp3) is 0.125. The maximum absolute atomic E-state index is 12.6. The number of carbonyl (C=O) groups excluding carboxylic acids is 1. The third kappa shape index (κ3) is 5.98. The van der Waals surface area contributed by atoms with Crippen molar-refractivity contribution in [1.82, 2.24) is 20.1 Å². The van der Waals surface area contributed by atoms with Gasteiger partial charge in [-0.25, -0.2) is 0 Å². The molecule has 0 radical (unpaired) electrons. The summed E-state index contributed by atoms with van der Waals surface area (Å²) in [6.07, 6.45) is 0. The van der Waals surface area contributed by atoms with E-state index in [9.17, 15) is 4.79 Å². The molecular formula is C24H19BrCl2N4OS. The highest BCUT2D eigenvalue weighted by atomic mass is 79.9. The molecule has 4 aromatic rings. The van der Waals surface area contributed by atoms with Crippen LogP contribution in [0.15, 0.2) is 76.4 Å². The highest BCUT2D eigenvalue weighted by Gasteiger charge is 2.18. The number of nitrogens with zero attached hydrogens (tertiary/aromatic N) is 3. The third-order valence-electron chi connectivity index (χ3n) is 4.81. The Hall–Kier alpha value is -2.32. The number of aryl methyl sites for hydroxylation is 1. The van der Waals surface area contributed by atoms with Crippen molar-refractivity contribution in [1.29, 1.82) is 0 Å². The Morgan fingerprint density at radius 1 is 1.06 bits per heavy atom. The van der Waals surface area contributed by atoms with Gasteiger partial charge in [-0.2, -0.15) is 0 Å². The number of nitrogens with one attached hydrogen (secondary N) is 1. The van der Waals surface area contributed by atoms with Crippen molar-refractivity contribution in [2.75, 3.05) is 0 Å². The molecule has 168 valence electrons. The number of thioether (sulfide) groups is 1. The number of amides is 1. The van der Waals surface area contributed by atoms with Crippen LogP contribution >= 0.6 is 50.9 Å². The Kier molecular flexibility index (Phi) is 7.75. The summed E-state index contributed by atoms with van der Waals surface area (Å²) in [6.45, 7) is 2.24. The molecule has 0 unspecified atom stereocenters. The minimum atomic E-state index is -0.205. The standard InChI is InChI=1S/C24H19BrCl2N4OS/c1-15-3-2-4-16(11-15)14-33-24-30-29-22(31(24)21-12-19(26)9-10-20(21)27)13-28-23(32)17-5-7-18(25)8-6-17/h2-12H,13-14H2,1H3,(H,28,32). The predicted molar refractivity (Wildman–Crippen MR) is 137 cm³/mol. The Bertz CT molecular complexity index is 1290. The summed E-state index contributed by atoms with van der Waals surface area (Å²) in [4.78, 5) is 12.6. The minimum absolute atomic E-state index is 0.176. The zero-order valence-electron chi connectivity index (χ0n) is 17.6. The molecule has 0 fully saturated rings. The largest absolute Gasteiger partial charge is 0.345 e. The summed E-state index contributed by atoms with van der Waals surface area (Å²) in [6, 6.07) is 20.7. The number of aromatic nitrogens is 3. The molecule has 33 heavy (non-hydrogen) atoms. The summed E-state index contributed by atoms with van der Waals surface area (Å²) >= 11 is 17.7. The summed E-state index contributed by atoms with van der Waals surface area (Å²) in [7, 11) is 0. The number of carbonyl (C=O) groups is 1. The Balaban J connectivity index is 1.61. The first kappa shape index (κ1) is 23.8. The van der Waals surface area contributed by atoms with Crippen LogP contribution < -0.4 is 5.32 Å². The van der Waals surface area contributed by atoms with Crippen LogP contribution in [0.3, 0.4) is 0 Å². The second-order valence-corrected chi connectivity index (χ2v) is 10.00. The van der Waals surface area contributed by atoms with E-state index in [4.69, 9.17) is 23.2 Å². The van der Waals surface area contributed by atoms with E-state index in [0.29, 0.717) is 38.0 Å². The first-order valence-electron chi connectivity index (χ1n) is 10.0. The number of rotatable bonds is 7. The minimum Gasteiger partial charge on any atom is -0.345 e. The second-order valence-electron chi connectivity index (χ2n) is 7.30. The van der Waals surface area contributed by atoms with Gasteiger partial charge in [0.05, 0.1) is 17.3 Å². The molecule has 1 N–H and O–H groups in total. The van der Waals surface area contributed by atoms with E-state index < -0.39 is 0 Å². The van der Waals surface area contributed by atoms with Gasteiger partial charge in [0.1, 0.15) is 0 Å². The van der Waals surface area contributed by atoms with E-state index in [2.05, 4.69) is 56.6 Å². The Morgan fingerprint density at radius 3 is 2.61 bits per heavy atom. The predicted octanol–water partition coefficient (Wildman–Crippen LogP) is 6.87. The van der Waals surface area contributed by atoms with Gasteiger partial charge in [-0.1, -0.05) is 80.7 Å². The molecule has 4 rings (SSSR count). The number of hydrogen-bond donors (Lipinski definition) is 1. The molecule has 0 aliphatic carbocycles. The van der Waals surface area contributed by atoms with Crippen LogP contribution in [0, 0.1) is 6.92 Å². The molecular weight excluding hydrogens is 543 g/mol. The number of hydrogen-bond acceptors (Lipinski definition) is 4. The van der Waals surface area contributed by atoms with E-state index in [1.807, 2.05) is 22.8 Å². The van der Waals surface area contributed by atoms with E-state index in [1.54, 1.807) is 42.1 Å². The molecule has 0 aliphatic rings. The van der Waals surface area contributed by atoms with Gasteiger partial charge in [-0.3, -0.25) is 9.36 Å². The topological polar surface area (TPSA) is 59.8 Å². The zero-order valence-corrected chi connectivity index (χ0v) is 21.5. The fourth-order valence-electron chi connectivity index (χ4n) is 3.22. The lowest BCUT2D eigenvalue weighted by atomic mass is 10.2. The lowest BCUT2D eigenvalue weighted by molar-refractivity contribution is 0.0949. The highest BCUT2D eigenvalue weighted by Crippen LogP contribution is 2.31. The molecule has 0 saturated heterocycles. The van der Waals surface area contributed by atoms with Crippen LogP contribution in [0.4, 0.5) is 0 Å². The number of benzene rings is 3. The Labute approximate surface area is 214 Å². The van der Waals surface area contributed by atoms with Crippen LogP contribution in [0.2, 0.25) is 10.0 Å². The molecule has 1 amide bonds. The van der Waals surface area contributed by atoms with Crippen LogP contribution in [-0.2, 0) is 12.3 Å². The second kappa shape index (κ2) is 10.7. The van der Waals surface area contributed by atoms with Crippen LogP contribution in [0.1, 0.15) is 27.3 Å². The molecule has 0 aliphatic heterocycles. The van der Waals surface area contributed by atoms with E-state index in [1.165, 1.54) is 11.1 Å².